The highest BCUT2D eigenvalue weighted by molar-refractivity contribution is 5.98. The van der Waals surface area contributed by atoms with Gasteiger partial charge >= 0.3 is 6.09 Å². The molecule has 0 radical (unpaired) electrons. The molecule has 0 spiro atoms. The highest BCUT2D eigenvalue weighted by Crippen LogP contribution is 2.26. The first-order chi connectivity index (χ1) is 18.0. The van der Waals surface area contributed by atoms with Gasteiger partial charge in [0.1, 0.15) is 11.4 Å². The number of Topliss-reactive ketones (excluding diaryl/α,β-unsaturated/α-hetero) is 1. The van der Waals surface area contributed by atoms with Crippen molar-refractivity contribution in [2.75, 3.05) is 31.1 Å². The van der Waals surface area contributed by atoms with Crippen molar-refractivity contribution in [1.82, 2.24) is 24.6 Å². The molecular weight excluding hydrogens is 480 g/mol. The fourth-order valence-electron chi connectivity index (χ4n) is 4.40. The number of hydrogen-bond donors (Lipinski definition) is 0. The van der Waals surface area contributed by atoms with Crippen molar-refractivity contribution in [2.45, 2.75) is 53.1 Å². The Morgan fingerprint density at radius 3 is 2.39 bits per heavy atom. The molecule has 0 unspecified atom stereocenters. The van der Waals surface area contributed by atoms with Crippen LogP contribution in [0.2, 0.25) is 0 Å². The lowest BCUT2D eigenvalue weighted by atomic mass is 9.99. The molecule has 0 bridgehead atoms. The number of ether oxygens (including phenoxy) is 1. The number of ketones is 1. The van der Waals surface area contributed by atoms with Crippen LogP contribution in [-0.4, -0.2) is 68.3 Å². The number of nitrogens with zero attached hydrogens (tertiary/aromatic N) is 6. The van der Waals surface area contributed by atoms with Gasteiger partial charge in [-0.15, -0.1) is 0 Å². The average Bonchev–Trinajstić information content (AvgIpc) is 3.27. The smallest absolute Gasteiger partial charge is 0.410 e. The summed E-state index contributed by atoms with van der Waals surface area (Å²) in [4.78, 5) is 39.0. The predicted molar refractivity (Wildman–Crippen MR) is 147 cm³/mol. The molecule has 1 aliphatic rings. The van der Waals surface area contributed by atoms with Crippen LogP contribution in [0.5, 0.6) is 0 Å². The summed E-state index contributed by atoms with van der Waals surface area (Å²) in [6.07, 6.45) is 4.47. The topological polar surface area (TPSA) is 93.5 Å². The molecule has 0 aromatic carbocycles. The van der Waals surface area contributed by atoms with Crippen LogP contribution in [0.25, 0.3) is 11.3 Å². The second-order valence-corrected chi connectivity index (χ2v) is 11.3. The van der Waals surface area contributed by atoms with Gasteiger partial charge in [0.2, 0.25) is 0 Å². The van der Waals surface area contributed by atoms with Gasteiger partial charge in [0.25, 0.3) is 0 Å². The molecule has 3 aromatic rings. The van der Waals surface area contributed by atoms with E-state index in [0.29, 0.717) is 44.6 Å². The third-order valence-electron chi connectivity index (χ3n) is 6.23. The Labute approximate surface area is 224 Å². The molecule has 1 saturated heterocycles. The lowest BCUT2D eigenvalue weighted by Crippen LogP contribution is -2.50. The Morgan fingerprint density at radius 2 is 1.76 bits per heavy atom. The minimum atomic E-state index is -0.532. The Balaban J connectivity index is 1.59. The molecule has 1 amide bonds. The second kappa shape index (κ2) is 11.3. The van der Waals surface area contributed by atoms with Crippen LogP contribution in [0.4, 0.5) is 10.6 Å². The molecule has 4 heterocycles. The van der Waals surface area contributed by atoms with Crippen molar-refractivity contribution >= 4 is 17.7 Å². The highest BCUT2D eigenvalue weighted by Gasteiger charge is 2.27. The van der Waals surface area contributed by atoms with E-state index < -0.39 is 5.60 Å². The van der Waals surface area contributed by atoms with Crippen molar-refractivity contribution in [3.8, 4) is 11.3 Å². The van der Waals surface area contributed by atoms with Gasteiger partial charge in [-0.3, -0.25) is 14.5 Å². The van der Waals surface area contributed by atoms with Gasteiger partial charge in [0.05, 0.1) is 11.4 Å². The zero-order valence-corrected chi connectivity index (χ0v) is 23.3. The third kappa shape index (κ3) is 7.18. The molecule has 3 aromatic heterocycles. The van der Waals surface area contributed by atoms with Gasteiger partial charge in [-0.2, -0.15) is 5.10 Å². The molecule has 9 nitrogen and oxygen atoms in total. The maximum Gasteiger partial charge on any atom is 0.410 e. The van der Waals surface area contributed by atoms with Gasteiger partial charge in [-0.05, 0) is 57.0 Å². The van der Waals surface area contributed by atoms with Crippen LogP contribution >= 0.6 is 0 Å². The maximum absolute atomic E-state index is 13.1. The first-order valence-electron chi connectivity index (χ1n) is 13.2. The van der Waals surface area contributed by atoms with E-state index in [9.17, 15) is 9.59 Å². The minimum Gasteiger partial charge on any atom is -0.444 e. The molecule has 4 rings (SSSR count). The van der Waals surface area contributed by atoms with Gasteiger partial charge in [-0.1, -0.05) is 13.8 Å². The fraction of sp³-hybridized carbons (Fsp3) is 0.483. The van der Waals surface area contributed by atoms with Crippen molar-refractivity contribution < 1.29 is 14.3 Å². The van der Waals surface area contributed by atoms with Crippen molar-refractivity contribution in [3.05, 3.63) is 59.7 Å². The zero-order valence-electron chi connectivity index (χ0n) is 23.3. The molecule has 0 aliphatic carbocycles. The number of pyridine rings is 2. The molecule has 0 saturated carbocycles. The van der Waals surface area contributed by atoms with Crippen LogP contribution in [0, 0.1) is 5.92 Å². The van der Waals surface area contributed by atoms with E-state index in [-0.39, 0.29) is 17.8 Å². The quantitative estimate of drug-likeness (QED) is 0.417. The van der Waals surface area contributed by atoms with Gasteiger partial charge in [0.15, 0.2) is 5.78 Å². The van der Waals surface area contributed by atoms with Gasteiger partial charge < -0.3 is 14.5 Å². The number of aromatic nitrogens is 4. The summed E-state index contributed by atoms with van der Waals surface area (Å²) < 4.78 is 7.31. The summed E-state index contributed by atoms with van der Waals surface area (Å²) >= 11 is 0. The standard InChI is InChI=1S/C29H38N6O3/c1-20(2)15-26(36)22-17-25(21-7-9-30-24(16-21)19-23-8-10-33(6)32-23)31-27(18-22)34-11-13-35(14-12-34)28(37)38-29(3,4)5/h7-10,16-18,20H,11-15,19H2,1-6H3. The summed E-state index contributed by atoms with van der Waals surface area (Å²) in [7, 11) is 1.89. The van der Waals surface area contributed by atoms with Crippen LogP contribution in [-0.2, 0) is 18.2 Å². The van der Waals surface area contributed by atoms with E-state index in [0.717, 1.165) is 28.5 Å². The van der Waals surface area contributed by atoms with E-state index in [1.165, 1.54) is 0 Å². The van der Waals surface area contributed by atoms with E-state index in [4.69, 9.17) is 9.72 Å². The van der Waals surface area contributed by atoms with Crippen LogP contribution in [0.15, 0.2) is 42.7 Å². The molecule has 1 aliphatic heterocycles. The first-order valence-corrected chi connectivity index (χ1v) is 13.2. The van der Waals surface area contributed by atoms with Crippen molar-refractivity contribution in [3.63, 3.8) is 0 Å². The van der Waals surface area contributed by atoms with Crippen LogP contribution in [0.1, 0.15) is 62.8 Å². The van der Waals surface area contributed by atoms with Crippen LogP contribution in [0.3, 0.4) is 0 Å². The maximum atomic E-state index is 13.1. The second-order valence-electron chi connectivity index (χ2n) is 11.3. The summed E-state index contributed by atoms with van der Waals surface area (Å²) in [5.74, 6) is 1.09. The lowest BCUT2D eigenvalue weighted by molar-refractivity contribution is 0.0240. The SMILES string of the molecule is CC(C)CC(=O)c1cc(-c2ccnc(Cc3ccn(C)n3)c2)nc(N2CCN(C(=O)OC(C)(C)C)CC2)c1. The van der Waals surface area contributed by atoms with E-state index in [1.807, 2.05) is 78.2 Å². The van der Waals surface area contributed by atoms with Gasteiger partial charge in [0, 0.05) is 75.3 Å². The van der Waals surface area contributed by atoms with Crippen molar-refractivity contribution in [2.24, 2.45) is 13.0 Å². The number of anilines is 1. The van der Waals surface area contributed by atoms with Crippen molar-refractivity contribution in [1.29, 1.82) is 0 Å². The van der Waals surface area contributed by atoms with Gasteiger partial charge in [-0.25, -0.2) is 9.78 Å². The number of amides is 1. The Morgan fingerprint density at radius 1 is 1.03 bits per heavy atom. The number of carbonyl (C=O) groups excluding carboxylic acids is 2. The molecule has 38 heavy (non-hydrogen) atoms. The van der Waals surface area contributed by atoms with Crippen LogP contribution < -0.4 is 4.90 Å². The Bertz CT molecular complexity index is 1290. The Kier molecular flexibility index (Phi) is 8.14. The van der Waals surface area contributed by atoms with E-state index >= 15 is 0 Å². The number of aryl methyl sites for hydroxylation is 1. The minimum absolute atomic E-state index is 0.0973. The number of carbonyl (C=O) groups is 2. The summed E-state index contributed by atoms with van der Waals surface area (Å²) in [6, 6.07) is 9.67. The normalized spacial score (nSPS) is 14.2. The highest BCUT2D eigenvalue weighted by atomic mass is 16.6. The summed E-state index contributed by atoms with van der Waals surface area (Å²) in [6.45, 7) is 12.0. The largest absolute Gasteiger partial charge is 0.444 e. The fourth-order valence-corrected chi connectivity index (χ4v) is 4.40. The number of piperazine rings is 1. The molecule has 0 N–H and O–H groups in total. The zero-order chi connectivity index (χ0) is 27.4. The predicted octanol–water partition coefficient (Wildman–Crippen LogP) is 4.75. The van der Waals surface area contributed by atoms with E-state index in [2.05, 4.69) is 15.0 Å². The molecule has 9 heteroatoms. The molecular formula is C29H38N6O3. The third-order valence-corrected chi connectivity index (χ3v) is 6.23. The van der Waals surface area contributed by atoms with E-state index in [1.54, 1.807) is 15.8 Å². The number of rotatable bonds is 7. The summed E-state index contributed by atoms with van der Waals surface area (Å²) in [5.41, 5.74) is 3.57. The Hall–Kier alpha value is -3.75. The monoisotopic (exact) mass is 518 g/mol. The molecule has 202 valence electrons. The average molecular weight is 519 g/mol. The number of hydrogen-bond acceptors (Lipinski definition) is 7. The molecule has 0 atom stereocenters. The summed E-state index contributed by atoms with van der Waals surface area (Å²) in [5, 5.41) is 4.46. The molecule has 1 fully saturated rings. The lowest BCUT2D eigenvalue weighted by Gasteiger charge is -2.36. The first kappa shape index (κ1) is 27.3.